The fraction of sp³-hybridized carbons (Fsp3) is 0.0833. The third kappa shape index (κ3) is 4.18. The van der Waals surface area contributed by atoms with E-state index in [4.69, 9.17) is 10.5 Å². The molecule has 1 aromatic rings. The van der Waals surface area contributed by atoms with Crippen LogP contribution in [0.25, 0.3) is 6.08 Å². The van der Waals surface area contributed by atoms with Gasteiger partial charge < -0.3 is 10.5 Å². The smallest absolute Gasteiger partial charge is 0.270 e. The van der Waals surface area contributed by atoms with Gasteiger partial charge in [0.25, 0.3) is 5.91 Å². The van der Waals surface area contributed by atoms with Crippen molar-refractivity contribution in [1.29, 1.82) is 5.26 Å². The molecule has 0 fully saturated rings. The van der Waals surface area contributed by atoms with E-state index in [1.54, 1.807) is 30.4 Å². The molecule has 0 aliphatic rings. The number of anilines is 1. The molecule has 2 N–H and O–H groups in total. The molecule has 17 heavy (non-hydrogen) atoms. The molecule has 0 heterocycles. The molecule has 0 aromatic heterocycles. The van der Waals surface area contributed by atoms with Gasteiger partial charge in [0.05, 0.1) is 12.5 Å². The van der Waals surface area contributed by atoms with Crippen LogP contribution in [0, 0.1) is 11.3 Å². The first-order valence-corrected chi connectivity index (χ1v) is 4.89. The Labute approximate surface area is 98.7 Å². The summed E-state index contributed by atoms with van der Waals surface area (Å²) in [4.78, 5) is 11.2. The minimum Gasteiger partial charge on any atom is -0.411 e. The minimum absolute atomic E-state index is 0.306. The average molecular weight is 229 g/mol. The van der Waals surface area contributed by atoms with Crippen LogP contribution < -0.4 is 5.32 Å². The molecule has 5 heteroatoms. The van der Waals surface area contributed by atoms with Gasteiger partial charge >= 0.3 is 0 Å². The molecule has 1 rings (SSSR count). The van der Waals surface area contributed by atoms with Crippen LogP contribution in [0.1, 0.15) is 12.0 Å². The van der Waals surface area contributed by atoms with Crippen LogP contribution in [-0.4, -0.2) is 17.3 Å². The number of oxime groups is 1. The summed E-state index contributed by atoms with van der Waals surface area (Å²) in [6.07, 6.45) is 4.52. The lowest BCUT2D eigenvalue weighted by molar-refractivity contribution is -0.110. The van der Waals surface area contributed by atoms with Crippen molar-refractivity contribution < 1.29 is 10.0 Å². The summed E-state index contributed by atoms with van der Waals surface area (Å²) in [5, 5.41) is 21.8. The molecule has 0 spiro atoms. The first kappa shape index (κ1) is 12.5. The van der Waals surface area contributed by atoms with Gasteiger partial charge in [-0.05, 0) is 11.6 Å². The third-order valence-electron chi connectivity index (χ3n) is 1.90. The van der Waals surface area contributed by atoms with E-state index in [2.05, 4.69) is 10.5 Å². The highest BCUT2D eigenvalue weighted by Gasteiger charge is 2.01. The zero-order chi connectivity index (χ0) is 12.5. The molecule has 0 saturated carbocycles. The lowest BCUT2D eigenvalue weighted by Gasteiger charge is -2.05. The summed E-state index contributed by atoms with van der Waals surface area (Å²) in [6.45, 7) is 0. The van der Waals surface area contributed by atoms with E-state index >= 15 is 0 Å². The fourth-order valence-electron chi connectivity index (χ4n) is 1.21. The van der Waals surface area contributed by atoms with E-state index in [1.807, 2.05) is 12.1 Å². The number of hydrogen-bond acceptors (Lipinski definition) is 4. The van der Waals surface area contributed by atoms with Crippen molar-refractivity contribution in [3.05, 3.63) is 35.9 Å². The number of carbonyl (C=O) groups excluding carboxylic acids is 1. The van der Waals surface area contributed by atoms with Gasteiger partial charge in [-0.3, -0.25) is 4.79 Å². The quantitative estimate of drug-likeness (QED) is 0.470. The van der Waals surface area contributed by atoms with Crippen LogP contribution in [0.5, 0.6) is 0 Å². The Hall–Kier alpha value is -2.61. The Bertz CT molecular complexity index is 487. The maximum Gasteiger partial charge on any atom is 0.270 e. The van der Waals surface area contributed by atoms with Gasteiger partial charge in [-0.1, -0.05) is 35.5 Å². The third-order valence-corrected chi connectivity index (χ3v) is 1.90. The fourth-order valence-corrected chi connectivity index (χ4v) is 1.21. The zero-order valence-electron chi connectivity index (χ0n) is 9.00. The van der Waals surface area contributed by atoms with Gasteiger partial charge in [0.1, 0.15) is 6.21 Å². The van der Waals surface area contributed by atoms with Crippen molar-refractivity contribution in [2.75, 3.05) is 5.32 Å². The van der Waals surface area contributed by atoms with Crippen LogP contribution in [0.4, 0.5) is 5.69 Å². The lowest BCUT2D eigenvalue weighted by Crippen LogP contribution is -2.13. The second-order valence-electron chi connectivity index (χ2n) is 3.09. The van der Waals surface area contributed by atoms with E-state index in [0.29, 0.717) is 12.1 Å². The van der Waals surface area contributed by atoms with Gasteiger partial charge in [-0.25, -0.2) is 0 Å². The molecular formula is C12H11N3O2. The maximum absolute atomic E-state index is 11.2. The summed E-state index contributed by atoms with van der Waals surface area (Å²) in [5.41, 5.74) is 1.37. The van der Waals surface area contributed by atoms with E-state index in [0.717, 1.165) is 11.8 Å². The lowest BCUT2D eigenvalue weighted by atomic mass is 10.1. The first-order chi connectivity index (χ1) is 8.27. The average Bonchev–Trinajstić information content (AvgIpc) is 2.32. The van der Waals surface area contributed by atoms with Crippen LogP contribution in [-0.2, 0) is 4.79 Å². The molecule has 0 aliphatic carbocycles. The number of nitrogens with zero attached hydrogens (tertiary/aromatic N) is 2. The Morgan fingerprint density at radius 1 is 1.53 bits per heavy atom. The highest BCUT2D eigenvalue weighted by atomic mass is 16.4. The van der Waals surface area contributed by atoms with Gasteiger partial charge in [0.15, 0.2) is 0 Å². The van der Waals surface area contributed by atoms with E-state index < -0.39 is 5.91 Å². The molecule has 1 aromatic carbocycles. The molecule has 0 radical (unpaired) electrons. The number of para-hydroxylation sites is 1. The van der Waals surface area contributed by atoms with Crippen molar-refractivity contribution in [1.82, 2.24) is 0 Å². The Morgan fingerprint density at radius 2 is 2.29 bits per heavy atom. The second kappa shape index (κ2) is 6.80. The molecule has 0 bridgehead atoms. The topological polar surface area (TPSA) is 85.5 Å². The molecule has 0 saturated heterocycles. The minimum atomic E-state index is -0.520. The number of carbonyl (C=O) groups is 1. The largest absolute Gasteiger partial charge is 0.411 e. The first-order valence-electron chi connectivity index (χ1n) is 4.89. The van der Waals surface area contributed by atoms with E-state index in [1.165, 1.54) is 0 Å². The Kier molecular flexibility index (Phi) is 4.98. The van der Waals surface area contributed by atoms with Crippen LogP contribution >= 0.6 is 0 Å². The number of nitriles is 1. The van der Waals surface area contributed by atoms with Crippen LogP contribution in [0.3, 0.4) is 0 Å². The molecule has 0 unspecified atom stereocenters. The summed E-state index contributed by atoms with van der Waals surface area (Å²) >= 11 is 0. The SMILES string of the molecule is N#CCC=Cc1ccccc1NC(=O)C=NO. The Balaban J connectivity index is 2.85. The van der Waals surface area contributed by atoms with Crippen molar-refractivity contribution in [3.8, 4) is 6.07 Å². The van der Waals surface area contributed by atoms with Gasteiger partial charge in [0, 0.05) is 5.69 Å². The highest BCUT2D eigenvalue weighted by molar-refractivity contribution is 6.31. The number of nitrogens with one attached hydrogen (secondary N) is 1. The maximum atomic E-state index is 11.2. The summed E-state index contributed by atoms with van der Waals surface area (Å²) < 4.78 is 0. The zero-order valence-corrected chi connectivity index (χ0v) is 9.00. The summed E-state index contributed by atoms with van der Waals surface area (Å²) in [6, 6.07) is 9.11. The summed E-state index contributed by atoms with van der Waals surface area (Å²) in [7, 11) is 0. The number of benzene rings is 1. The van der Waals surface area contributed by atoms with Gasteiger partial charge in [0.2, 0.25) is 0 Å². The standard InChI is InChI=1S/C12H11N3O2/c13-8-4-3-6-10-5-1-2-7-11(10)15-12(16)9-14-17/h1-3,5-7,9,17H,4H2,(H,15,16). The number of amides is 1. The molecule has 86 valence electrons. The number of allylic oxidation sites excluding steroid dienone is 1. The molecule has 0 aliphatic heterocycles. The van der Waals surface area contributed by atoms with Crippen molar-refractivity contribution in [2.45, 2.75) is 6.42 Å². The monoisotopic (exact) mass is 229 g/mol. The predicted molar refractivity (Wildman–Crippen MR) is 64.6 cm³/mol. The normalized spacial score (nSPS) is 10.5. The molecular weight excluding hydrogens is 218 g/mol. The van der Waals surface area contributed by atoms with E-state index in [9.17, 15) is 4.79 Å². The molecule has 1 amide bonds. The van der Waals surface area contributed by atoms with Crippen molar-refractivity contribution in [2.24, 2.45) is 5.16 Å². The van der Waals surface area contributed by atoms with Gasteiger partial charge in [-0.15, -0.1) is 0 Å². The predicted octanol–water partition coefficient (Wildman–Crippen LogP) is 2.01. The number of hydrogen-bond donors (Lipinski definition) is 2. The number of rotatable bonds is 4. The molecule has 5 nitrogen and oxygen atoms in total. The van der Waals surface area contributed by atoms with Crippen LogP contribution in [0.15, 0.2) is 35.5 Å². The van der Waals surface area contributed by atoms with E-state index in [-0.39, 0.29) is 0 Å². The van der Waals surface area contributed by atoms with Crippen LogP contribution in [0.2, 0.25) is 0 Å². The highest BCUT2D eigenvalue weighted by Crippen LogP contribution is 2.16. The molecule has 0 atom stereocenters. The summed E-state index contributed by atoms with van der Waals surface area (Å²) in [5.74, 6) is -0.520. The van der Waals surface area contributed by atoms with Gasteiger partial charge in [-0.2, -0.15) is 5.26 Å². The Morgan fingerprint density at radius 3 is 3.00 bits per heavy atom. The second-order valence-corrected chi connectivity index (χ2v) is 3.09. The van der Waals surface area contributed by atoms with Crippen molar-refractivity contribution in [3.63, 3.8) is 0 Å². The van der Waals surface area contributed by atoms with Crippen molar-refractivity contribution >= 4 is 23.9 Å².